The van der Waals surface area contributed by atoms with E-state index in [0.717, 1.165) is 44.4 Å². The van der Waals surface area contributed by atoms with Gasteiger partial charge >= 0.3 is 12.1 Å². The van der Waals surface area contributed by atoms with Crippen LogP contribution in [0.15, 0.2) is 38.8 Å². The number of carboxylic acid groups (broad SMARTS) is 1. The summed E-state index contributed by atoms with van der Waals surface area (Å²) in [5, 5.41) is 22.5. The molecule has 2 unspecified atom stereocenters. The lowest BCUT2D eigenvalue weighted by Crippen LogP contribution is -2.59. The number of nitrogens with one attached hydrogen (secondary N) is 3. The highest BCUT2D eigenvalue weighted by Crippen LogP contribution is 2.41. The van der Waals surface area contributed by atoms with Crippen LogP contribution in [0.5, 0.6) is 0 Å². The molecule has 2 saturated carbocycles. The maximum absolute atomic E-state index is 13.4. The summed E-state index contributed by atoms with van der Waals surface area (Å²) < 4.78 is 86.7. The smallest absolute Gasteiger partial charge is 0.490 e. The average molecular weight is 610 g/mol. The van der Waals surface area contributed by atoms with Crippen LogP contribution < -0.4 is 15.5 Å². The van der Waals surface area contributed by atoms with E-state index in [1.165, 1.54) is 12.1 Å². The number of amidine groups is 1. The number of aliphatic hydroxyl groups excluding tert-OH is 1. The highest BCUT2D eigenvalue weighted by atomic mass is 32.2. The van der Waals surface area contributed by atoms with Crippen molar-refractivity contribution in [3.8, 4) is 0 Å². The van der Waals surface area contributed by atoms with Crippen molar-refractivity contribution in [2.75, 3.05) is 16.3 Å². The maximum atomic E-state index is 13.4. The average Bonchev–Trinajstić information content (AvgIpc) is 3.27. The standard InChI is InChI=1S/C20H25N5O6S2.C2HF3O2/c1-32(28,29)23-12-8-9-14-16(10-12)33(30,31)24-19(21-14)17-18(26)13-6-3-7-15(13)25(20(17)27)22-11-4-2-5-11;3-2(4,5)1(6)7/h8-11,13,15,22-23,26H,2-7H2,1H3,(H,21,24);(H,6,7). The van der Waals surface area contributed by atoms with E-state index < -0.39 is 38.1 Å². The number of halogens is 3. The van der Waals surface area contributed by atoms with Gasteiger partial charge in [-0.2, -0.15) is 21.6 Å². The number of carboxylic acids is 1. The van der Waals surface area contributed by atoms with Crippen LogP contribution in [-0.4, -0.2) is 74.3 Å². The monoisotopic (exact) mass is 609 g/mol. The molecule has 13 nitrogen and oxygen atoms in total. The van der Waals surface area contributed by atoms with Gasteiger partial charge in [-0.05, 0) is 43.9 Å². The summed E-state index contributed by atoms with van der Waals surface area (Å²) in [6.45, 7) is 0. The molecular weight excluding hydrogens is 583 g/mol. The number of hydrazine groups is 1. The van der Waals surface area contributed by atoms with E-state index in [-0.39, 0.29) is 51.4 Å². The molecule has 2 atom stereocenters. The van der Waals surface area contributed by atoms with Crippen molar-refractivity contribution in [3.05, 3.63) is 29.5 Å². The SMILES string of the molecule is CS(=O)(=O)Nc1ccc2c(c1)S(=O)(=O)N=C(C1=C(O)C3CCCC3N(NC3CCC3)C1=O)N2.O=C(O)C(F)(F)F. The van der Waals surface area contributed by atoms with Gasteiger partial charge < -0.3 is 15.5 Å². The number of nitrogens with zero attached hydrogens (tertiary/aromatic N) is 2. The lowest BCUT2D eigenvalue weighted by Gasteiger charge is -2.42. The molecule has 2 aliphatic heterocycles. The van der Waals surface area contributed by atoms with Crippen LogP contribution in [0.4, 0.5) is 24.5 Å². The van der Waals surface area contributed by atoms with Crippen molar-refractivity contribution in [3.63, 3.8) is 0 Å². The van der Waals surface area contributed by atoms with Crippen molar-refractivity contribution < 1.29 is 49.8 Å². The molecule has 5 rings (SSSR count). The molecule has 0 saturated heterocycles. The van der Waals surface area contributed by atoms with Crippen LogP contribution in [0.25, 0.3) is 0 Å². The molecule has 2 heterocycles. The van der Waals surface area contributed by atoms with E-state index in [2.05, 4.69) is 19.9 Å². The largest absolute Gasteiger partial charge is 0.511 e. The third kappa shape index (κ3) is 6.17. The molecule has 0 aromatic heterocycles. The number of aliphatic carboxylic acids is 1. The Hall–Kier alpha value is -3.38. The van der Waals surface area contributed by atoms with Crippen molar-refractivity contribution in [2.45, 2.75) is 61.7 Å². The number of anilines is 2. The van der Waals surface area contributed by atoms with Gasteiger partial charge in [0, 0.05) is 17.6 Å². The van der Waals surface area contributed by atoms with E-state index in [1.54, 1.807) is 5.01 Å². The van der Waals surface area contributed by atoms with Gasteiger partial charge in [0.25, 0.3) is 15.9 Å². The number of benzene rings is 1. The summed E-state index contributed by atoms with van der Waals surface area (Å²) >= 11 is 0. The predicted octanol–water partition coefficient (Wildman–Crippen LogP) is 2.08. The van der Waals surface area contributed by atoms with Gasteiger partial charge in [-0.1, -0.05) is 12.8 Å². The number of aliphatic hydroxyl groups is 1. The molecule has 40 heavy (non-hydrogen) atoms. The number of carbonyl (C=O) groups excluding carboxylic acids is 1. The van der Waals surface area contributed by atoms with Gasteiger partial charge in [-0.25, -0.2) is 18.6 Å². The number of fused-ring (bicyclic) bond motifs is 2. The van der Waals surface area contributed by atoms with E-state index in [4.69, 9.17) is 9.90 Å². The first-order chi connectivity index (χ1) is 18.5. The Labute approximate surface area is 227 Å². The van der Waals surface area contributed by atoms with Crippen LogP contribution in [0, 0.1) is 5.92 Å². The van der Waals surface area contributed by atoms with Gasteiger partial charge in [0.1, 0.15) is 16.2 Å². The fraction of sp³-hybridized carbons (Fsp3) is 0.500. The molecule has 1 aromatic rings. The number of carbonyl (C=O) groups is 2. The molecule has 4 aliphatic rings. The van der Waals surface area contributed by atoms with Crippen LogP contribution in [-0.2, 0) is 29.6 Å². The number of alkyl halides is 3. The normalized spacial score (nSPS) is 24.1. The van der Waals surface area contributed by atoms with Crippen molar-refractivity contribution in [1.29, 1.82) is 0 Å². The Morgan fingerprint density at radius 3 is 2.35 bits per heavy atom. The first-order valence-electron chi connectivity index (χ1n) is 12.0. The van der Waals surface area contributed by atoms with Crippen LogP contribution >= 0.6 is 0 Å². The van der Waals surface area contributed by atoms with Crippen molar-refractivity contribution in [1.82, 2.24) is 10.4 Å². The number of sulfonamides is 2. The molecule has 5 N–H and O–H groups in total. The zero-order valence-corrected chi connectivity index (χ0v) is 22.5. The van der Waals surface area contributed by atoms with E-state index in [1.807, 2.05) is 0 Å². The second-order valence-corrected chi connectivity index (χ2v) is 13.0. The highest BCUT2D eigenvalue weighted by Gasteiger charge is 2.47. The van der Waals surface area contributed by atoms with Gasteiger partial charge in [-0.3, -0.25) is 14.5 Å². The minimum absolute atomic E-state index is 0.0701. The summed E-state index contributed by atoms with van der Waals surface area (Å²) in [6.07, 6.45) is 1.16. The Balaban J connectivity index is 0.000000470. The van der Waals surface area contributed by atoms with Gasteiger partial charge in [0.2, 0.25) is 10.0 Å². The Bertz CT molecular complexity index is 1500. The number of hydrogen-bond donors (Lipinski definition) is 5. The molecule has 0 radical (unpaired) electrons. The van der Waals surface area contributed by atoms with Crippen LogP contribution in [0.2, 0.25) is 0 Å². The second-order valence-electron chi connectivity index (χ2n) is 9.73. The molecule has 18 heteroatoms. The summed E-state index contributed by atoms with van der Waals surface area (Å²) in [4.78, 5) is 22.1. The number of amides is 1. The third-order valence-electron chi connectivity index (χ3n) is 6.78. The summed E-state index contributed by atoms with van der Waals surface area (Å²) in [5.74, 6) is -3.94. The molecule has 1 aromatic carbocycles. The Morgan fingerprint density at radius 2 is 1.80 bits per heavy atom. The minimum atomic E-state index is -5.08. The molecule has 0 spiro atoms. The molecule has 1 amide bonds. The van der Waals surface area contributed by atoms with Crippen LogP contribution in [0.3, 0.4) is 0 Å². The van der Waals surface area contributed by atoms with E-state index >= 15 is 0 Å². The summed E-state index contributed by atoms with van der Waals surface area (Å²) in [5.41, 5.74) is 3.33. The fourth-order valence-electron chi connectivity index (χ4n) is 4.79. The first kappa shape index (κ1) is 29.6. The molecule has 2 fully saturated rings. The zero-order chi connectivity index (χ0) is 29.6. The molecule has 2 aliphatic carbocycles. The van der Waals surface area contributed by atoms with Crippen molar-refractivity contribution in [2.24, 2.45) is 10.3 Å². The summed E-state index contributed by atoms with van der Waals surface area (Å²) in [7, 11) is -7.87. The summed E-state index contributed by atoms with van der Waals surface area (Å²) in [6, 6.07) is 3.96. The Kier molecular flexibility index (Phi) is 7.81. The lowest BCUT2D eigenvalue weighted by molar-refractivity contribution is -0.192. The van der Waals surface area contributed by atoms with Crippen molar-refractivity contribution >= 4 is 49.1 Å². The van der Waals surface area contributed by atoms with Gasteiger partial charge in [0.15, 0.2) is 5.84 Å². The maximum Gasteiger partial charge on any atom is 0.490 e. The highest BCUT2D eigenvalue weighted by molar-refractivity contribution is 7.92. The Morgan fingerprint density at radius 1 is 1.18 bits per heavy atom. The third-order valence-corrected chi connectivity index (χ3v) is 8.71. The second kappa shape index (κ2) is 10.5. The predicted molar refractivity (Wildman–Crippen MR) is 135 cm³/mol. The number of rotatable bonds is 5. The van der Waals surface area contributed by atoms with Crippen LogP contribution in [0.1, 0.15) is 38.5 Å². The van der Waals surface area contributed by atoms with E-state index in [9.17, 15) is 39.9 Å². The van der Waals surface area contributed by atoms with Gasteiger partial charge in [-0.15, -0.1) is 4.40 Å². The molecule has 0 bridgehead atoms. The topological polar surface area (TPSA) is 195 Å². The quantitative estimate of drug-likeness (QED) is 0.330. The zero-order valence-electron chi connectivity index (χ0n) is 20.9. The molecular formula is C22H26F3N5O8S2. The molecule has 220 valence electrons. The first-order valence-corrected chi connectivity index (χ1v) is 15.4. The lowest BCUT2D eigenvalue weighted by atomic mass is 9.90. The van der Waals surface area contributed by atoms with E-state index in [0.29, 0.717) is 6.42 Å². The fourth-order valence-corrected chi connectivity index (χ4v) is 6.49. The van der Waals surface area contributed by atoms with Gasteiger partial charge in [0.05, 0.1) is 18.0 Å². The number of hydrogen-bond acceptors (Lipinski definition) is 9. The minimum Gasteiger partial charge on any atom is -0.511 e.